The molecule has 0 saturated carbocycles. The zero-order valence-electron chi connectivity index (χ0n) is 15.5. The molecule has 2 aromatic rings. The fourth-order valence-electron chi connectivity index (χ4n) is 3.31. The quantitative estimate of drug-likeness (QED) is 0.741. The predicted molar refractivity (Wildman–Crippen MR) is 98.5 cm³/mol. The zero-order chi connectivity index (χ0) is 20.7. The van der Waals surface area contributed by atoms with Gasteiger partial charge in [-0.1, -0.05) is 17.9 Å². The van der Waals surface area contributed by atoms with Crippen molar-refractivity contribution in [1.82, 2.24) is 25.2 Å². The lowest BCUT2D eigenvalue weighted by Gasteiger charge is -2.27. The van der Waals surface area contributed by atoms with Gasteiger partial charge in [0.1, 0.15) is 24.1 Å². The number of ether oxygens (including phenoxy) is 1. The van der Waals surface area contributed by atoms with Crippen LogP contribution in [0.1, 0.15) is 46.2 Å². The second-order valence-electron chi connectivity index (χ2n) is 6.80. The molecule has 1 unspecified atom stereocenters. The van der Waals surface area contributed by atoms with E-state index < -0.39 is 29.7 Å². The van der Waals surface area contributed by atoms with E-state index in [4.69, 9.17) is 4.74 Å². The average Bonchev–Trinajstić information content (AvgIpc) is 3.25. The normalized spacial score (nSPS) is 18.7. The standard InChI is InChI=1S/C19H17N5O5/c1-10(2)23-8-11(21-22-23)9-29-14-5-3-4-12-16(14)19(28)24(18(12)27)13-6-7-15(25)20-17(13)26/h3-5,8,13H,1,6-7,9H2,2H3,(H,20,25,26). The third-order valence-electron chi connectivity index (χ3n) is 4.74. The summed E-state index contributed by atoms with van der Waals surface area (Å²) >= 11 is 0. The van der Waals surface area contributed by atoms with Crippen LogP contribution in [0.3, 0.4) is 0 Å². The van der Waals surface area contributed by atoms with E-state index in [1.54, 1.807) is 25.3 Å². The number of benzene rings is 1. The number of carbonyl (C=O) groups excluding carboxylic acids is 4. The van der Waals surface area contributed by atoms with Crippen LogP contribution in [0, 0.1) is 0 Å². The van der Waals surface area contributed by atoms with Crippen LogP contribution in [0.25, 0.3) is 5.70 Å². The molecule has 148 valence electrons. The van der Waals surface area contributed by atoms with E-state index in [1.807, 2.05) is 0 Å². The van der Waals surface area contributed by atoms with Gasteiger partial charge in [-0.2, -0.15) is 0 Å². The van der Waals surface area contributed by atoms with Crippen molar-refractivity contribution in [1.29, 1.82) is 0 Å². The molecule has 1 saturated heterocycles. The molecule has 1 atom stereocenters. The van der Waals surface area contributed by atoms with Crippen molar-refractivity contribution in [3.8, 4) is 5.75 Å². The second-order valence-corrected chi connectivity index (χ2v) is 6.80. The Bertz CT molecular complexity index is 1070. The Kier molecular flexibility index (Phi) is 4.45. The number of piperidine rings is 1. The maximum atomic E-state index is 13.0. The Morgan fingerprint density at radius 3 is 2.76 bits per heavy atom. The third kappa shape index (κ3) is 3.18. The number of aromatic nitrogens is 3. The maximum Gasteiger partial charge on any atom is 0.266 e. The molecule has 4 amide bonds. The first-order chi connectivity index (χ1) is 13.9. The third-order valence-corrected chi connectivity index (χ3v) is 4.74. The largest absolute Gasteiger partial charge is 0.486 e. The Morgan fingerprint density at radius 2 is 2.07 bits per heavy atom. The summed E-state index contributed by atoms with van der Waals surface area (Å²) in [6, 6.07) is 3.65. The first-order valence-corrected chi connectivity index (χ1v) is 8.91. The predicted octanol–water partition coefficient (Wildman–Crippen LogP) is 0.749. The van der Waals surface area contributed by atoms with Gasteiger partial charge in [0.2, 0.25) is 11.8 Å². The summed E-state index contributed by atoms with van der Waals surface area (Å²) < 4.78 is 7.22. The highest BCUT2D eigenvalue weighted by Crippen LogP contribution is 2.33. The number of allylic oxidation sites excluding steroid dienone is 1. The maximum absolute atomic E-state index is 13.0. The van der Waals surface area contributed by atoms with E-state index >= 15 is 0 Å². The summed E-state index contributed by atoms with van der Waals surface area (Å²) in [7, 11) is 0. The monoisotopic (exact) mass is 395 g/mol. The first kappa shape index (κ1) is 18.5. The molecule has 1 fully saturated rings. The van der Waals surface area contributed by atoms with Crippen LogP contribution < -0.4 is 10.1 Å². The van der Waals surface area contributed by atoms with Crippen LogP contribution in [0.2, 0.25) is 0 Å². The Hall–Kier alpha value is -3.82. The molecule has 0 spiro atoms. The van der Waals surface area contributed by atoms with Crippen LogP contribution >= 0.6 is 0 Å². The molecule has 1 aromatic heterocycles. The topological polar surface area (TPSA) is 123 Å². The fourth-order valence-corrected chi connectivity index (χ4v) is 3.31. The number of carbonyl (C=O) groups is 4. The Morgan fingerprint density at radius 1 is 1.28 bits per heavy atom. The van der Waals surface area contributed by atoms with Gasteiger partial charge in [-0.05, 0) is 25.5 Å². The van der Waals surface area contributed by atoms with Gasteiger partial charge < -0.3 is 4.74 Å². The summed E-state index contributed by atoms with van der Waals surface area (Å²) in [6.07, 6.45) is 1.80. The van der Waals surface area contributed by atoms with Crippen molar-refractivity contribution >= 4 is 29.3 Å². The minimum absolute atomic E-state index is 0.0314. The van der Waals surface area contributed by atoms with Crippen molar-refractivity contribution in [2.45, 2.75) is 32.4 Å². The van der Waals surface area contributed by atoms with Gasteiger partial charge in [-0.15, -0.1) is 5.10 Å². The van der Waals surface area contributed by atoms with Gasteiger partial charge in [-0.3, -0.25) is 29.4 Å². The number of hydrogen-bond donors (Lipinski definition) is 1. The van der Waals surface area contributed by atoms with E-state index in [9.17, 15) is 19.2 Å². The molecule has 0 radical (unpaired) electrons. The van der Waals surface area contributed by atoms with Gasteiger partial charge in [0, 0.05) is 12.1 Å². The number of amides is 4. The number of fused-ring (bicyclic) bond motifs is 1. The van der Waals surface area contributed by atoms with Crippen molar-refractivity contribution in [2.75, 3.05) is 0 Å². The highest BCUT2D eigenvalue weighted by molar-refractivity contribution is 6.24. The first-order valence-electron chi connectivity index (χ1n) is 8.91. The Balaban J connectivity index is 1.58. The number of hydrogen-bond acceptors (Lipinski definition) is 7. The molecule has 1 N–H and O–H groups in total. The van der Waals surface area contributed by atoms with Crippen LogP contribution in [0.4, 0.5) is 0 Å². The van der Waals surface area contributed by atoms with Crippen molar-refractivity contribution < 1.29 is 23.9 Å². The summed E-state index contributed by atoms with van der Waals surface area (Å²) in [4.78, 5) is 50.2. The molecule has 2 aliphatic heterocycles. The molecule has 10 nitrogen and oxygen atoms in total. The van der Waals surface area contributed by atoms with E-state index in [-0.39, 0.29) is 36.3 Å². The van der Waals surface area contributed by atoms with E-state index in [1.165, 1.54) is 10.7 Å². The molecule has 4 rings (SSSR count). The number of imide groups is 2. The lowest BCUT2D eigenvalue weighted by atomic mass is 10.0. The summed E-state index contributed by atoms with van der Waals surface area (Å²) in [5, 5.41) is 10.0. The second kappa shape index (κ2) is 6.97. The summed E-state index contributed by atoms with van der Waals surface area (Å²) in [6.45, 7) is 5.57. The summed E-state index contributed by atoms with van der Waals surface area (Å²) in [5.74, 6) is -2.08. The van der Waals surface area contributed by atoms with Crippen LogP contribution in [-0.4, -0.2) is 49.6 Å². The Labute approximate surface area is 165 Å². The van der Waals surface area contributed by atoms with E-state index in [2.05, 4.69) is 22.2 Å². The van der Waals surface area contributed by atoms with Crippen molar-refractivity contribution in [3.05, 3.63) is 47.8 Å². The SMILES string of the molecule is C=C(C)n1cc(COc2cccc3c2C(=O)N(C2CCC(=O)NC2=O)C3=O)nn1. The van der Waals surface area contributed by atoms with Gasteiger partial charge in [0.25, 0.3) is 11.8 Å². The molecule has 3 heterocycles. The van der Waals surface area contributed by atoms with E-state index in [0.717, 1.165) is 4.90 Å². The number of nitrogens with zero attached hydrogens (tertiary/aromatic N) is 4. The van der Waals surface area contributed by atoms with Gasteiger partial charge >= 0.3 is 0 Å². The smallest absolute Gasteiger partial charge is 0.266 e. The fraction of sp³-hybridized carbons (Fsp3) is 0.263. The molecule has 1 aromatic carbocycles. The molecule has 0 bridgehead atoms. The number of nitrogens with one attached hydrogen (secondary N) is 1. The molecule has 29 heavy (non-hydrogen) atoms. The molecule has 0 aliphatic carbocycles. The van der Waals surface area contributed by atoms with Gasteiger partial charge in [-0.25, -0.2) is 4.68 Å². The molecule has 10 heteroatoms. The zero-order valence-corrected chi connectivity index (χ0v) is 15.5. The number of rotatable bonds is 5. The van der Waals surface area contributed by atoms with Gasteiger partial charge in [0.05, 0.1) is 17.3 Å². The van der Waals surface area contributed by atoms with Gasteiger partial charge in [0.15, 0.2) is 0 Å². The minimum atomic E-state index is -1.02. The van der Waals surface area contributed by atoms with E-state index in [0.29, 0.717) is 11.4 Å². The highest BCUT2D eigenvalue weighted by atomic mass is 16.5. The van der Waals surface area contributed by atoms with Crippen LogP contribution in [0.5, 0.6) is 5.75 Å². The summed E-state index contributed by atoms with van der Waals surface area (Å²) in [5.41, 5.74) is 1.45. The van der Waals surface area contributed by atoms with Crippen LogP contribution in [-0.2, 0) is 16.2 Å². The average molecular weight is 395 g/mol. The molecular formula is C19H17N5O5. The highest BCUT2D eigenvalue weighted by Gasteiger charge is 2.45. The minimum Gasteiger partial charge on any atom is -0.486 e. The van der Waals surface area contributed by atoms with Crippen LogP contribution in [0.15, 0.2) is 31.0 Å². The molecule has 2 aliphatic rings. The lowest BCUT2D eigenvalue weighted by Crippen LogP contribution is -2.54. The molecular weight excluding hydrogens is 378 g/mol. The van der Waals surface area contributed by atoms with Crippen molar-refractivity contribution in [3.63, 3.8) is 0 Å². The van der Waals surface area contributed by atoms with Crippen molar-refractivity contribution in [2.24, 2.45) is 0 Å². The lowest BCUT2D eigenvalue weighted by molar-refractivity contribution is -0.136.